The number of nitrogens with zero attached hydrogens (tertiary/aromatic N) is 5. The zero-order chi connectivity index (χ0) is 18.3. The topological polar surface area (TPSA) is 63.9 Å². The smallest absolute Gasteiger partial charge is 0.266 e. The summed E-state index contributed by atoms with van der Waals surface area (Å²) in [6.07, 6.45) is 7.15. The van der Waals surface area contributed by atoms with E-state index in [1.165, 1.54) is 11.3 Å². The van der Waals surface area contributed by atoms with Crippen LogP contribution in [0.25, 0.3) is 0 Å². The third-order valence-electron chi connectivity index (χ3n) is 5.52. The normalized spacial score (nSPS) is 19.8. The minimum Gasteiger partial charge on any atom is -0.351 e. The number of anilines is 1. The lowest BCUT2D eigenvalue weighted by Gasteiger charge is -2.28. The molecule has 6 nitrogen and oxygen atoms in total. The van der Waals surface area contributed by atoms with Gasteiger partial charge in [-0.25, -0.2) is 14.6 Å². The summed E-state index contributed by atoms with van der Waals surface area (Å²) in [7, 11) is 0. The second-order valence-corrected chi connectivity index (χ2v) is 8.45. The van der Waals surface area contributed by atoms with Gasteiger partial charge in [-0.3, -0.25) is 4.79 Å². The number of hydrogen-bond acceptors (Lipinski definition) is 5. The van der Waals surface area contributed by atoms with Gasteiger partial charge >= 0.3 is 0 Å². The van der Waals surface area contributed by atoms with Gasteiger partial charge in [0.25, 0.3) is 5.56 Å². The fourth-order valence-corrected chi connectivity index (χ4v) is 4.07. The highest BCUT2D eigenvalue weighted by atomic mass is 16.1. The molecule has 1 aliphatic heterocycles. The molecule has 1 atom stereocenters. The first-order valence-electron chi connectivity index (χ1n) is 9.61. The summed E-state index contributed by atoms with van der Waals surface area (Å²) in [5, 5.41) is 4.65. The molecule has 1 unspecified atom stereocenters. The Hall–Kier alpha value is -2.24. The molecule has 0 aromatic carbocycles. The Balaban J connectivity index is 1.63. The van der Waals surface area contributed by atoms with Crippen LogP contribution in [0, 0.1) is 0 Å². The molecule has 26 heavy (non-hydrogen) atoms. The molecule has 2 aliphatic rings. The largest absolute Gasteiger partial charge is 0.351 e. The summed E-state index contributed by atoms with van der Waals surface area (Å²) in [6, 6.07) is 3.76. The van der Waals surface area contributed by atoms with Gasteiger partial charge in [0, 0.05) is 29.3 Å². The van der Waals surface area contributed by atoms with Gasteiger partial charge in [-0.05, 0) is 38.2 Å². The lowest BCUT2D eigenvalue weighted by atomic mass is 9.92. The number of fused-ring (bicyclic) bond motifs is 1. The van der Waals surface area contributed by atoms with Crippen LogP contribution < -0.4 is 10.5 Å². The van der Waals surface area contributed by atoms with Gasteiger partial charge in [-0.1, -0.05) is 20.8 Å². The first-order valence-corrected chi connectivity index (χ1v) is 9.61. The molecule has 1 aliphatic carbocycles. The number of rotatable bonds is 3. The van der Waals surface area contributed by atoms with Crippen molar-refractivity contribution in [1.82, 2.24) is 19.7 Å². The lowest BCUT2D eigenvalue weighted by Crippen LogP contribution is -2.38. The maximum absolute atomic E-state index is 12.4. The molecule has 2 aromatic rings. The zero-order valence-electron chi connectivity index (χ0n) is 15.9. The van der Waals surface area contributed by atoms with E-state index < -0.39 is 0 Å². The zero-order valence-corrected chi connectivity index (χ0v) is 15.9. The quantitative estimate of drug-likeness (QED) is 0.848. The van der Waals surface area contributed by atoms with Crippen LogP contribution in [0.3, 0.4) is 0 Å². The lowest BCUT2D eigenvalue weighted by molar-refractivity contribution is 0.456. The Morgan fingerprint density at radius 2 is 2.00 bits per heavy atom. The molecule has 2 aromatic heterocycles. The Kier molecular flexibility index (Phi) is 4.29. The van der Waals surface area contributed by atoms with Gasteiger partial charge in [-0.2, -0.15) is 5.10 Å². The average molecular weight is 353 g/mol. The van der Waals surface area contributed by atoms with Gasteiger partial charge in [0.05, 0.1) is 18.3 Å². The van der Waals surface area contributed by atoms with E-state index in [1.807, 2.05) is 6.07 Å². The van der Waals surface area contributed by atoms with Crippen molar-refractivity contribution in [3.63, 3.8) is 0 Å². The van der Waals surface area contributed by atoms with Crippen molar-refractivity contribution in [2.75, 3.05) is 11.4 Å². The molecule has 6 heteroatoms. The van der Waals surface area contributed by atoms with Crippen molar-refractivity contribution < 1.29 is 0 Å². The van der Waals surface area contributed by atoms with Crippen molar-refractivity contribution in [2.24, 2.45) is 0 Å². The maximum atomic E-state index is 12.4. The van der Waals surface area contributed by atoms with Gasteiger partial charge < -0.3 is 4.90 Å². The Morgan fingerprint density at radius 3 is 2.81 bits per heavy atom. The molecule has 0 radical (unpaired) electrons. The van der Waals surface area contributed by atoms with Crippen LogP contribution in [0.15, 0.2) is 23.3 Å². The van der Waals surface area contributed by atoms with Crippen molar-refractivity contribution in [1.29, 1.82) is 0 Å². The van der Waals surface area contributed by atoms with Crippen molar-refractivity contribution in [3.8, 4) is 0 Å². The van der Waals surface area contributed by atoms with E-state index in [4.69, 9.17) is 0 Å². The molecule has 4 rings (SSSR count). The first-order chi connectivity index (χ1) is 12.4. The predicted molar refractivity (Wildman–Crippen MR) is 102 cm³/mol. The molecule has 0 amide bonds. The molecule has 0 saturated carbocycles. The molecule has 0 spiro atoms. The SMILES string of the molecule is CC(C)(C)c1ccc(=O)n(CC2CCCN2c2ncnc3c2CCC3)n1. The molecule has 1 saturated heterocycles. The molecule has 138 valence electrons. The number of aromatic nitrogens is 4. The molecular weight excluding hydrogens is 326 g/mol. The highest BCUT2D eigenvalue weighted by Gasteiger charge is 2.30. The minimum atomic E-state index is -0.0711. The fourth-order valence-electron chi connectivity index (χ4n) is 4.07. The third kappa shape index (κ3) is 3.13. The van der Waals surface area contributed by atoms with Crippen LogP contribution in [0.4, 0.5) is 5.82 Å². The van der Waals surface area contributed by atoms with E-state index in [1.54, 1.807) is 17.1 Å². The van der Waals surface area contributed by atoms with Crippen molar-refractivity contribution >= 4 is 5.82 Å². The van der Waals surface area contributed by atoms with E-state index in [0.29, 0.717) is 6.54 Å². The third-order valence-corrected chi connectivity index (χ3v) is 5.52. The second-order valence-electron chi connectivity index (χ2n) is 8.45. The first kappa shape index (κ1) is 17.2. The van der Waals surface area contributed by atoms with Gasteiger partial charge in [-0.15, -0.1) is 0 Å². The van der Waals surface area contributed by atoms with Crippen molar-refractivity contribution in [3.05, 3.63) is 45.8 Å². The predicted octanol–water partition coefficient (Wildman–Crippen LogP) is 2.49. The summed E-state index contributed by atoms with van der Waals surface area (Å²) in [6.45, 7) is 7.96. The van der Waals surface area contributed by atoms with Gasteiger partial charge in [0.2, 0.25) is 0 Å². The van der Waals surface area contributed by atoms with E-state index >= 15 is 0 Å². The highest BCUT2D eigenvalue weighted by molar-refractivity contribution is 5.52. The van der Waals surface area contributed by atoms with Gasteiger partial charge in [0.15, 0.2) is 0 Å². The monoisotopic (exact) mass is 353 g/mol. The van der Waals surface area contributed by atoms with Crippen LogP contribution in [0.1, 0.15) is 57.0 Å². The molecule has 0 bridgehead atoms. The van der Waals surface area contributed by atoms with Crippen LogP contribution >= 0.6 is 0 Å². The molecule has 1 fully saturated rings. The molecular formula is C20H27N5O. The van der Waals surface area contributed by atoms with E-state index in [9.17, 15) is 4.79 Å². The van der Waals surface area contributed by atoms with E-state index in [-0.39, 0.29) is 17.0 Å². The summed E-state index contributed by atoms with van der Waals surface area (Å²) in [5.41, 5.74) is 3.36. The number of aryl methyl sites for hydroxylation is 1. The summed E-state index contributed by atoms with van der Waals surface area (Å²) >= 11 is 0. The summed E-state index contributed by atoms with van der Waals surface area (Å²) in [4.78, 5) is 23.8. The summed E-state index contributed by atoms with van der Waals surface area (Å²) in [5.74, 6) is 1.08. The highest BCUT2D eigenvalue weighted by Crippen LogP contribution is 2.32. The summed E-state index contributed by atoms with van der Waals surface area (Å²) < 4.78 is 1.64. The van der Waals surface area contributed by atoms with Crippen LogP contribution in [-0.4, -0.2) is 32.3 Å². The second kappa shape index (κ2) is 6.49. The number of hydrogen-bond donors (Lipinski definition) is 0. The molecule has 3 heterocycles. The van der Waals surface area contributed by atoms with Gasteiger partial charge in [0.1, 0.15) is 12.1 Å². The van der Waals surface area contributed by atoms with Crippen LogP contribution in [0.2, 0.25) is 0 Å². The Labute approximate surface area is 154 Å². The van der Waals surface area contributed by atoms with Crippen LogP contribution in [0.5, 0.6) is 0 Å². The standard InChI is InChI=1S/C20H27N5O/c1-20(2,3)17-9-10-18(26)25(23-17)12-14-6-5-11-24(14)19-15-7-4-8-16(15)21-13-22-19/h9-10,13-14H,4-8,11-12H2,1-3H3. The van der Waals surface area contributed by atoms with E-state index in [2.05, 4.69) is 40.7 Å². The molecule has 0 N–H and O–H groups in total. The average Bonchev–Trinajstić information content (AvgIpc) is 3.24. The fraction of sp³-hybridized carbons (Fsp3) is 0.600. The Morgan fingerprint density at radius 1 is 1.15 bits per heavy atom. The minimum absolute atomic E-state index is 0.0298. The van der Waals surface area contributed by atoms with Crippen LogP contribution in [-0.2, 0) is 24.8 Å². The van der Waals surface area contributed by atoms with E-state index in [0.717, 1.165) is 50.2 Å². The maximum Gasteiger partial charge on any atom is 0.266 e. The Bertz CT molecular complexity index is 867. The van der Waals surface area contributed by atoms with Crippen molar-refractivity contribution in [2.45, 2.75) is 70.9 Å².